The summed E-state index contributed by atoms with van der Waals surface area (Å²) in [6.45, 7) is 0. The number of nitrogens with zero attached hydrogens (tertiary/aromatic N) is 4. The van der Waals surface area contributed by atoms with Crippen molar-refractivity contribution in [3.8, 4) is 0 Å². The molecule has 2 aromatic rings. The number of nitrogens with two attached hydrogens (primary N) is 2. The van der Waals surface area contributed by atoms with Crippen LogP contribution in [0.4, 0.5) is 36.2 Å². The van der Waals surface area contributed by atoms with E-state index >= 15 is 0 Å². The van der Waals surface area contributed by atoms with E-state index in [2.05, 4.69) is 15.3 Å². The number of benzene rings is 1. The minimum Gasteiger partial charge on any atom is -0.381 e. The highest BCUT2D eigenvalue weighted by molar-refractivity contribution is 7.89. The maximum absolute atomic E-state index is 12.6. The van der Waals surface area contributed by atoms with E-state index in [1.54, 1.807) is 0 Å². The fraction of sp³-hybridized carbons (Fsp3) is 0.182. The molecular weight excluding hydrogens is 337 g/mol. The van der Waals surface area contributed by atoms with Gasteiger partial charge < -0.3 is 11.5 Å². The SMILES string of the molecule is CS(=O)(=O)n1nc(N)c(N=Nc2cccc(C(F)(F)F)c2)c1N. The Morgan fingerprint density at radius 2 is 1.87 bits per heavy atom. The molecule has 1 heterocycles. The first-order valence-electron chi connectivity index (χ1n) is 5.93. The normalized spacial score (nSPS) is 12.9. The van der Waals surface area contributed by atoms with Crippen molar-refractivity contribution in [1.82, 2.24) is 9.19 Å². The number of nitrogen functional groups attached to an aromatic ring is 2. The highest BCUT2D eigenvalue weighted by atomic mass is 32.2. The van der Waals surface area contributed by atoms with E-state index in [0.29, 0.717) is 4.09 Å². The fourth-order valence-corrected chi connectivity index (χ4v) is 2.31. The topological polar surface area (TPSA) is 129 Å². The first kappa shape index (κ1) is 16.7. The minimum atomic E-state index is -4.52. The van der Waals surface area contributed by atoms with Crippen LogP contribution in [0.5, 0.6) is 0 Å². The number of rotatable bonds is 3. The van der Waals surface area contributed by atoms with Crippen molar-refractivity contribution in [2.24, 2.45) is 10.2 Å². The lowest BCUT2D eigenvalue weighted by Crippen LogP contribution is -2.14. The van der Waals surface area contributed by atoms with Gasteiger partial charge in [0.25, 0.3) is 10.0 Å². The van der Waals surface area contributed by atoms with Gasteiger partial charge >= 0.3 is 6.18 Å². The predicted octanol–water partition coefficient (Wildman–Crippen LogP) is 2.29. The summed E-state index contributed by atoms with van der Waals surface area (Å²) in [7, 11) is -3.79. The molecule has 0 saturated carbocycles. The first-order chi connectivity index (χ1) is 10.5. The lowest BCUT2D eigenvalue weighted by molar-refractivity contribution is -0.137. The van der Waals surface area contributed by atoms with E-state index in [1.165, 1.54) is 6.07 Å². The molecule has 1 aromatic carbocycles. The Kier molecular flexibility index (Phi) is 4.03. The monoisotopic (exact) mass is 348 g/mol. The maximum Gasteiger partial charge on any atom is 0.416 e. The predicted molar refractivity (Wildman–Crippen MR) is 76.9 cm³/mol. The molecule has 0 fully saturated rings. The van der Waals surface area contributed by atoms with Gasteiger partial charge in [0.2, 0.25) is 0 Å². The van der Waals surface area contributed by atoms with Gasteiger partial charge in [0.15, 0.2) is 17.3 Å². The van der Waals surface area contributed by atoms with Crippen LogP contribution < -0.4 is 11.5 Å². The van der Waals surface area contributed by atoms with Crippen LogP contribution >= 0.6 is 0 Å². The van der Waals surface area contributed by atoms with Gasteiger partial charge in [-0.15, -0.1) is 14.3 Å². The van der Waals surface area contributed by atoms with Crippen molar-refractivity contribution >= 4 is 33.0 Å². The van der Waals surface area contributed by atoms with Crippen molar-refractivity contribution in [2.75, 3.05) is 17.7 Å². The molecule has 23 heavy (non-hydrogen) atoms. The van der Waals surface area contributed by atoms with Gasteiger partial charge in [0.1, 0.15) is 0 Å². The molecule has 0 aliphatic heterocycles. The Bertz CT molecular complexity index is 872. The second kappa shape index (κ2) is 5.53. The van der Waals surface area contributed by atoms with Gasteiger partial charge in [-0.25, -0.2) is 8.42 Å². The van der Waals surface area contributed by atoms with E-state index in [1.807, 2.05) is 0 Å². The van der Waals surface area contributed by atoms with Crippen LogP contribution in [0.1, 0.15) is 5.56 Å². The van der Waals surface area contributed by atoms with Gasteiger partial charge in [-0.3, -0.25) is 0 Å². The molecule has 8 nitrogen and oxygen atoms in total. The Morgan fingerprint density at radius 1 is 1.22 bits per heavy atom. The van der Waals surface area contributed by atoms with Crippen LogP contribution in [-0.2, 0) is 16.2 Å². The minimum absolute atomic E-state index is 0.106. The van der Waals surface area contributed by atoms with Gasteiger partial charge in [0.05, 0.1) is 17.5 Å². The molecule has 0 unspecified atom stereocenters. The molecule has 0 aliphatic carbocycles. The molecule has 1 aromatic heterocycles. The molecule has 0 atom stereocenters. The zero-order valence-corrected chi connectivity index (χ0v) is 12.4. The largest absolute Gasteiger partial charge is 0.416 e. The molecule has 4 N–H and O–H groups in total. The molecule has 0 saturated heterocycles. The Morgan fingerprint density at radius 3 is 2.39 bits per heavy atom. The lowest BCUT2D eigenvalue weighted by Gasteiger charge is -2.05. The third-order valence-electron chi connectivity index (χ3n) is 2.64. The number of hydrogen-bond acceptors (Lipinski definition) is 7. The number of aromatic nitrogens is 2. The quantitative estimate of drug-likeness (QED) is 0.822. The smallest absolute Gasteiger partial charge is 0.381 e. The molecule has 2 rings (SSSR count). The third-order valence-corrected chi connectivity index (χ3v) is 3.55. The average Bonchev–Trinajstić information content (AvgIpc) is 2.71. The van der Waals surface area contributed by atoms with Crippen molar-refractivity contribution < 1.29 is 21.6 Å². The summed E-state index contributed by atoms with van der Waals surface area (Å²) < 4.78 is 61.1. The van der Waals surface area contributed by atoms with Crippen LogP contribution in [0, 0.1) is 0 Å². The molecule has 12 heteroatoms. The van der Waals surface area contributed by atoms with Crippen molar-refractivity contribution in [2.45, 2.75) is 6.18 Å². The molecular formula is C11H11F3N6O2S. The number of azo groups is 1. The van der Waals surface area contributed by atoms with Crippen molar-refractivity contribution in [3.05, 3.63) is 29.8 Å². The molecule has 0 bridgehead atoms. The summed E-state index contributed by atoms with van der Waals surface area (Å²) in [5, 5.41) is 10.7. The molecule has 0 amide bonds. The average molecular weight is 348 g/mol. The second-order valence-electron chi connectivity index (χ2n) is 4.47. The van der Waals surface area contributed by atoms with Crippen molar-refractivity contribution in [1.29, 1.82) is 0 Å². The highest BCUT2D eigenvalue weighted by Gasteiger charge is 2.30. The van der Waals surface area contributed by atoms with Gasteiger partial charge in [0, 0.05) is 0 Å². The van der Waals surface area contributed by atoms with Crippen LogP contribution in [-0.4, -0.2) is 23.9 Å². The Labute approximate surface area is 128 Å². The number of halogens is 3. The van der Waals surface area contributed by atoms with E-state index in [9.17, 15) is 21.6 Å². The van der Waals surface area contributed by atoms with Gasteiger partial charge in [-0.1, -0.05) is 6.07 Å². The van der Waals surface area contributed by atoms with Crippen LogP contribution in [0.25, 0.3) is 0 Å². The third kappa shape index (κ3) is 3.59. The summed E-state index contributed by atoms with van der Waals surface area (Å²) in [5.74, 6) is -0.704. The molecule has 0 radical (unpaired) electrons. The summed E-state index contributed by atoms with van der Waals surface area (Å²) in [6, 6.07) is 4.09. The standard InChI is InChI=1S/C11H11F3N6O2S/c1-23(21,22)20-10(16)8(9(15)19-20)18-17-7-4-2-3-6(5-7)11(12,13)14/h2-5H,16H2,1H3,(H2,15,19). The lowest BCUT2D eigenvalue weighted by atomic mass is 10.2. The van der Waals surface area contributed by atoms with E-state index in [4.69, 9.17) is 11.5 Å². The fourth-order valence-electron chi connectivity index (χ4n) is 1.63. The Balaban J connectivity index is 2.41. The first-order valence-corrected chi connectivity index (χ1v) is 7.78. The highest BCUT2D eigenvalue weighted by Crippen LogP contribution is 2.34. The maximum atomic E-state index is 12.6. The summed E-state index contributed by atoms with van der Waals surface area (Å²) in [6.07, 6.45) is -3.67. The summed E-state index contributed by atoms with van der Waals surface area (Å²) >= 11 is 0. The van der Waals surface area contributed by atoms with E-state index in [0.717, 1.165) is 24.5 Å². The summed E-state index contributed by atoms with van der Waals surface area (Å²) in [4.78, 5) is 0. The van der Waals surface area contributed by atoms with Crippen LogP contribution in [0.2, 0.25) is 0 Å². The zero-order valence-electron chi connectivity index (χ0n) is 11.6. The van der Waals surface area contributed by atoms with Gasteiger partial charge in [-0.2, -0.15) is 18.3 Å². The van der Waals surface area contributed by atoms with Gasteiger partial charge in [-0.05, 0) is 18.2 Å². The second-order valence-corrected chi connectivity index (χ2v) is 6.29. The number of hydrogen-bond donors (Lipinski definition) is 2. The number of anilines is 2. The van der Waals surface area contributed by atoms with Crippen LogP contribution in [0.3, 0.4) is 0 Å². The molecule has 0 spiro atoms. The van der Waals surface area contributed by atoms with E-state index in [-0.39, 0.29) is 23.0 Å². The summed E-state index contributed by atoms with van der Waals surface area (Å²) in [5.41, 5.74) is 9.80. The van der Waals surface area contributed by atoms with E-state index < -0.39 is 21.8 Å². The molecule has 124 valence electrons. The zero-order chi connectivity index (χ0) is 17.4. The number of alkyl halides is 3. The Hall–Kier alpha value is -2.63. The van der Waals surface area contributed by atoms with Crippen LogP contribution in [0.15, 0.2) is 34.5 Å². The molecule has 0 aliphatic rings. The van der Waals surface area contributed by atoms with Crippen molar-refractivity contribution in [3.63, 3.8) is 0 Å².